The highest BCUT2D eigenvalue weighted by Gasteiger charge is 2.25. The van der Waals surface area contributed by atoms with Gasteiger partial charge in [0.1, 0.15) is 0 Å². The Morgan fingerprint density at radius 3 is 2.69 bits per heavy atom. The van der Waals surface area contributed by atoms with Crippen LogP contribution in [0.1, 0.15) is 5.56 Å². The first-order valence-electron chi connectivity index (χ1n) is 4.53. The molecule has 0 spiro atoms. The molecule has 0 aromatic heterocycles. The molecule has 0 atom stereocenters. The number of rotatable bonds is 3. The molecule has 1 N–H and O–H groups in total. The Labute approximate surface area is 92.0 Å². The Morgan fingerprint density at radius 1 is 1.31 bits per heavy atom. The van der Waals surface area contributed by atoms with E-state index in [1.165, 1.54) is 20.4 Å². The van der Waals surface area contributed by atoms with Gasteiger partial charge in [-0.2, -0.15) is 0 Å². The maximum Gasteiger partial charge on any atom is 0.231 e. The maximum absolute atomic E-state index is 8.55. The van der Waals surface area contributed by atoms with Crippen LogP contribution in [0.3, 0.4) is 0 Å². The van der Waals surface area contributed by atoms with E-state index in [1.54, 1.807) is 6.07 Å². The van der Waals surface area contributed by atoms with Crippen molar-refractivity contribution in [2.45, 2.75) is 0 Å². The minimum Gasteiger partial charge on any atom is -0.492 e. The van der Waals surface area contributed by atoms with Gasteiger partial charge in [-0.3, -0.25) is 0 Å². The number of hydrogen-bond acceptors (Lipinski definition) is 6. The van der Waals surface area contributed by atoms with E-state index >= 15 is 0 Å². The topological polar surface area (TPSA) is 69.5 Å². The summed E-state index contributed by atoms with van der Waals surface area (Å²) < 4.78 is 20.9. The SMILES string of the molecule is COc1c(C=NO)cc2c(c1OC)OCO2. The van der Waals surface area contributed by atoms with E-state index in [-0.39, 0.29) is 6.79 Å². The summed E-state index contributed by atoms with van der Waals surface area (Å²) in [6, 6.07) is 1.66. The molecule has 0 saturated heterocycles. The number of hydrogen-bond donors (Lipinski definition) is 1. The Morgan fingerprint density at radius 2 is 2.06 bits per heavy atom. The molecule has 1 aromatic rings. The first kappa shape index (κ1) is 10.4. The molecule has 0 fully saturated rings. The van der Waals surface area contributed by atoms with Gasteiger partial charge in [0.15, 0.2) is 11.5 Å². The third-order valence-corrected chi connectivity index (χ3v) is 2.21. The first-order valence-corrected chi connectivity index (χ1v) is 4.53. The van der Waals surface area contributed by atoms with Crippen LogP contribution in [-0.4, -0.2) is 32.4 Å². The smallest absolute Gasteiger partial charge is 0.231 e. The van der Waals surface area contributed by atoms with Crippen LogP contribution in [0.15, 0.2) is 11.2 Å². The molecule has 2 rings (SSSR count). The molecule has 1 aromatic carbocycles. The van der Waals surface area contributed by atoms with Gasteiger partial charge in [0.2, 0.25) is 18.3 Å². The summed E-state index contributed by atoms with van der Waals surface area (Å²) in [7, 11) is 2.99. The summed E-state index contributed by atoms with van der Waals surface area (Å²) >= 11 is 0. The van der Waals surface area contributed by atoms with Crippen molar-refractivity contribution in [1.29, 1.82) is 0 Å². The molecule has 0 saturated carbocycles. The number of nitrogens with zero attached hydrogens (tertiary/aromatic N) is 1. The fourth-order valence-electron chi connectivity index (χ4n) is 1.57. The largest absolute Gasteiger partial charge is 0.492 e. The highest BCUT2D eigenvalue weighted by atomic mass is 16.7. The molecule has 0 amide bonds. The zero-order chi connectivity index (χ0) is 11.5. The van der Waals surface area contributed by atoms with Gasteiger partial charge in [-0.05, 0) is 6.07 Å². The van der Waals surface area contributed by atoms with Crippen LogP contribution >= 0.6 is 0 Å². The van der Waals surface area contributed by atoms with E-state index in [0.29, 0.717) is 28.6 Å². The zero-order valence-corrected chi connectivity index (χ0v) is 8.89. The van der Waals surface area contributed by atoms with Crippen molar-refractivity contribution in [3.63, 3.8) is 0 Å². The van der Waals surface area contributed by atoms with Crippen molar-refractivity contribution < 1.29 is 24.2 Å². The van der Waals surface area contributed by atoms with Crippen molar-refractivity contribution >= 4 is 6.21 Å². The minimum absolute atomic E-state index is 0.134. The molecule has 0 radical (unpaired) electrons. The standard InChI is InChI=1S/C10H11NO5/c1-13-8-6(4-11-12)3-7-9(10(8)14-2)16-5-15-7/h3-4,12H,5H2,1-2H3. The van der Waals surface area contributed by atoms with Gasteiger partial charge >= 0.3 is 0 Å². The van der Waals surface area contributed by atoms with E-state index in [1.807, 2.05) is 0 Å². The van der Waals surface area contributed by atoms with Crippen molar-refractivity contribution in [2.75, 3.05) is 21.0 Å². The molecule has 6 nitrogen and oxygen atoms in total. The van der Waals surface area contributed by atoms with E-state index in [9.17, 15) is 0 Å². The third kappa shape index (κ3) is 1.48. The average Bonchev–Trinajstić information content (AvgIpc) is 2.75. The second-order valence-electron chi connectivity index (χ2n) is 3.01. The van der Waals surface area contributed by atoms with Crippen LogP contribution < -0.4 is 18.9 Å². The summed E-state index contributed by atoms with van der Waals surface area (Å²) in [4.78, 5) is 0. The van der Waals surface area contributed by atoms with Crippen molar-refractivity contribution in [3.8, 4) is 23.0 Å². The Hall–Kier alpha value is -2.11. The summed E-state index contributed by atoms with van der Waals surface area (Å²) in [6.07, 6.45) is 1.24. The molecule has 6 heteroatoms. The molecule has 86 valence electrons. The number of benzene rings is 1. The van der Waals surface area contributed by atoms with Crippen LogP contribution in [0.4, 0.5) is 0 Å². The predicted molar refractivity (Wildman–Crippen MR) is 55.0 cm³/mol. The van der Waals surface area contributed by atoms with Crippen molar-refractivity contribution in [3.05, 3.63) is 11.6 Å². The van der Waals surface area contributed by atoms with Gasteiger partial charge in [0.05, 0.1) is 20.4 Å². The van der Waals surface area contributed by atoms with Crippen LogP contribution in [0, 0.1) is 0 Å². The highest BCUT2D eigenvalue weighted by molar-refractivity contribution is 5.87. The number of fused-ring (bicyclic) bond motifs is 1. The second-order valence-corrected chi connectivity index (χ2v) is 3.01. The van der Waals surface area contributed by atoms with Gasteiger partial charge in [0, 0.05) is 5.56 Å². The van der Waals surface area contributed by atoms with E-state index in [2.05, 4.69) is 5.16 Å². The minimum atomic E-state index is 0.134. The van der Waals surface area contributed by atoms with Crippen LogP contribution in [0.25, 0.3) is 0 Å². The summed E-state index contributed by atoms with van der Waals surface area (Å²) in [5.41, 5.74) is 0.547. The average molecular weight is 225 g/mol. The van der Waals surface area contributed by atoms with Crippen LogP contribution in [0.5, 0.6) is 23.0 Å². The van der Waals surface area contributed by atoms with Gasteiger partial charge in [-0.1, -0.05) is 5.16 Å². The second kappa shape index (κ2) is 4.18. The zero-order valence-electron chi connectivity index (χ0n) is 8.89. The monoisotopic (exact) mass is 225 g/mol. The Kier molecular flexibility index (Phi) is 2.72. The molecule has 0 unspecified atom stereocenters. The van der Waals surface area contributed by atoms with Crippen LogP contribution in [0.2, 0.25) is 0 Å². The van der Waals surface area contributed by atoms with E-state index in [4.69, 9.17) is 24.2 Å². The lowest BCUT2D eigenvalue weighted by Crippen LogP contribution is -1.97. The maximum atomic E-state index is 8.55. The molecule has 0 bridgehead atoms. The quantitative estimate of drug-likeness (QED) is 0.476. The number of ether oxygens (including phenoxy) is 4. The molecular formula is C10H11NO5. The number of oxime groups is 1. The number of methoxy groups -OCH3 is 2. The fraction of sp³-hybridized carbons (Fsp3) is 0.300. The molecule has 1 aliphatic heterocycles. The first-order chi connectivity index (χ1) is 7.81. The van der Waals surface area contributed by atoms with Crippen molar-refractivity contribution in [2.24, 2.45) is 5.16 Å². The van der Waals surface area contributed by atoms with Gasteiger partial charge < -0.3 is 24.2 Å². The van der Waals surface area contributed by atoms with Crippen molar-refractivity contribution in [1.82, 2.24) is 0 Å². The lowest BCUT2D eigenvalue weighted by Gasteiger charge is -2.12. The lowest BCUT2D eigenvalue weighted by atomic mass is 10.1. The van der Waals surface area contributed by atoms with Gasteiger partial charge in [-0.25, -0.2) is 0 Å². The fourth-order valence-corrected chi connectivity index (χ4v) is 1.57. The summed E-state index contributed by atoms with van der Waals surface area (Å²) in [6.45, 7) is 0.134. The summed E-state index contributed by atoms with van der Waals surface area (Å²) in [5.74, 6) is 1.89. The van der Waals surface area contributed by atoms with Gasteiger partial charge in [0.25, 0.3) is 0 Å². The lowest BCUT2D eigenvalue weighted by molar-refractivity contribution is 0.170. The highest BCUT2D eigenvalue weighted by Crippen LogP contribution is 2.48. The van der Waals surface area contributed by atoms with E-state index in [0.717, 1.165) is 0 Å². The third-order valence-electron chi connectivity index (χ3n) is 2.21. The summed E-state index contributed by atoms with van der Waals surface area (Å²) in [5, 5.41) is 11.5. The predicted octanol–water partition coefficient (Wildman–Crippen LogP) is 1.24. The molecule has 1 aliphatic rings. The Bertz CT molecular complexity index is 430. The molecule has 0 aliphatic carbocycles. The van der Waals surface area contributed by atoms with Gasteiger partial charge in [-0.15, -0.1) is 0 Å². The normalized spacial score (nSPS) is 13.1. The molecular weight excluding hydrogens is 214 g/mol. The van der Waals surface area contributed by atoms with E-state index < -0.39 is 0 Å². The molecule has 16 heavy (non-hydrogen) atoms. The van der Waals surface area contributed by atoms with Crippen LogP contribution in [-0.2, 0) is 0 Å². The Balaban J connectivity index is 2.63. The molecule has 1 heterocycles.